The Morgan fingerprint density at radius 1 is 1.25 bits per heavy atom. The standard InChI is InChI=1S/C23H23BrN4O3S/c1-14(28(13-30)12-16-11-26-15(2)27-22(16)25)21(9-10-29)32-23(31)19-7-8-20(24)18-6-4-3-5-17(18)19/h3-8,11,13,29H,9-10,12H2,1-2H3,(H2,25,26,27). The summed E-state index contributed by atoms with van der Waals surface area (Å²) in [5.41, 5.74) is 7.69. The van der Waals surface area contributed by atoms with Gasteiger partial charge in [0, 0.05) is 45.4 Å². The molecule has 0 spiro atoms. The minimum atomic E-state index is -0.166. The van der Waals surface area contributed by atoms with Crippen molar-refractivity contribution in [2.75, 3.05) is 12.3 Å². The second kappa shape index (κ2) is 10.7. The van der Waals surface area contributed by atoms with E-state index in [1.165, 1.54) is 4.90 Å². The molecule has 1 heterocycles. The van der Waals surface area contributed by atoms with Crippen LogP contribution in [0.15, 0.2) is 57.7 Å². The molecule has 9 heteroatoms. The lowest BCUT2D eigenvalue weighted by molar-refractivity contribution is -0.116. The van der Waals surface area contributed by atoms with Gasteiger partial charge in [-0.05, 0) is 48.5 Å². The number of allylic oxidation sites excluding steroid dienone is 1. The van der Waals surface area contributed by atoms with Crippen molar-refractivity contribution in [3.8, 4) is 0 Å². The number of aliphatic hydroxyl groups is 1. The van der Waals surface area contributed by atoms with Gasteiger partial charge in [-0.15, -0.1) is 0 Å². The van der Waals surface area contributed by atoms with Crippen LogP contribution in [0, 0.1) is 6.92 Å². The summed E-state index contributed by atoms with van der Waals surface area (Å²) in [6, 6.07) is 11.3. The Morgan fingerprint density at radius 3 is 2.62 bits per heavy atom. The molecule has 0 fully saturated rings. The van der Waals surface area contributed by atoms with E-state index in [2.05, 4.69) is 25.9 Å². The molecule has 0 unspecified atom stereocenters. The fourth-order valence-electron chi connectivity index (χ4n) is 3.23. The predicted molar refractivity (Wildman–Crippen MR) is 131 cm³/mol. The number of hydrogen-bond donors (Lipinski definition) is 2. The molecule has 1 aromatic heterocycles. The Kier molecular flexibility index (Phi) is 8.00. The zero-order valence-corrected chi connectivity index (χ0v) is 20.1. The summed E-state index contributed by atoms with van der Waals surface area (Å²) in [6.45, 7) is 3.48. The van der Waals surface area contributed by atoms with Crippen molar-refractivity contribution in [2.24, 2.45) is 0 Å². The van der Waals surface area contributed by atoms with Gasteiger partial charge in [0.2, 0.25) is 11.5 Å². The first-order valence-corrected chi connectivity index (χ1v) is 11.5. The number of nitrogens with zero attached hydrogens (tertiary/aromatic N) is 3. The average Bonchev–Trinajstić information content (AvgIpc) is 2.78. The van der Waals surface area contributed by atoms with Gasteiger partial charge in [0.05, 0.1) is 6.54 Å². The minimum absolute atomic E-state index is 0.156. The van der Waals surface area contributed by atoms with Crippen LogP contribution in [0.4, 0.5) is 5.82 Å². The summed E-state index contributed by atoms with van der Waals surface area (Å²) >= 11 is 4.54. The second-order valence-corrected chi connectivity index (χ2v) is 9.00. The average molecular weight is 515 g/mol. The largest absolute Gasteiger partial charge is 0.396 e. The van der Waals surface area contributed by atoms with E-state index in [-0.39, 0.29) is 24.7 Å². The number of anilines is 1. The van der Waals surface area contributed by atoms with Crippen LogP contribution in [0.25, 0.3) is 10.8 Å². The highest BCUT2D eigenvalue weighted by atomic mass is 79.9. The quantitative estimate of drug-likeness (QED) is 0.427. The number of benzene rings is 2. The Labute approximate surface area is 198 Å². The number of nitrogens with two attached hydrogens (primary N) is 1. The monoisotopic (exact) mass is 514 g/mol. The molecule has 0 aliphatic carbocycles. The van der Waals surface area contributed by atoms with Crippen molar-refractivity contribution >= 4 is 55.8 Å². The van der Waals surface area contributed by atoms with Crippen LogP contribution in [-0.4, -0.2) is 38.1 Å². The van der Waals surface area contributed by atoms with Crippen molar-refractivity contribution in [1.29, 1.82) is 0 Å². The molecule has 32 heavy (non-hydrogen) atoms. The number of carbonyl (C=O) groups excluding carboxylic acids is 2. The molecule has 0 aliphatic rings. The molecule has 0 saturated carbocycles. The normalized spacial score (nSPS) is 11.9. The maximum Gasteiger partial charge on any atom is 0.224 e. The van der Waals surface area contributed by atoms with Gasteiger partial charge < -0.3 is 15.7 Å². The predicted octanol–water partition coefficient (Wildman–Crippen LogP) is 4.43. The molecule has 0 bridgehead atoms. The van der Waals surface area contributed by atoms with Gasteiger partial charge in [-0.1, -0.05) is 40.2 Å². The lowest BCUT2D eigenvalue weighted by atomic mass is 10.1. The van der Waals surface area contributed by atoms with E-state index in [4.69, 9.17) is 5.73 Å². The van der Waals surface area contributed by atoms with Crippen LogP contribution in [0.3, 0.4) is 0 Å². The maximum atomic E-state index is 13.2. The molecule has 0 saturated heterocycles. The highest BCUT2D eigenvalue weighted by molar-refractivity contribution is 9.10. The van der Waals surface area contributed by atoms with E-state index in [1.807, 2.05) is 30.3 Å². The Bertz CT molecular complexity index is 1200. The summed E-state index contributed by atoms with van der Waals surface area (Å²) in [5.74, 6) is 0.839. The Balaban J connectivity index is 1.92. The van der Waals surface area contributed by atoms with E-state index >= 15 is 0 Å². The van der Waals surface area contributed by atoms with Crippen LogP contribution in [0.2, 0.25) is 0 Å². The summed E-state index contributed by atoms with van der Waals surface area (Å²) < 4.78 is 0.905. The number of aryl methyl sites for hydroxylation is 1. The fraction of sp³-hybridized carbons (Fsp3) is 0.217. The lowest BCUT2D eigenvalue weighted by Gasteiger charge is -2.22. The number of hydrogen-bond acceptors (Lipinski definition) is 7. The van der Waals surface area contributed by atoms with Crippen LogP contribution >= 0.6 is 27.7 Å². The van der Waals surface area contributed by atoms with Gasteiger partial charge in [0.25, 0.3) is 0 Å². The van der Waals surface area contributed by atoms with Crippen LogP contribution in [0.5, 0.6) is 0 Å². The zero-order valence-electron chi connectivity index (χ0n) is 17.7. The third kappa shape index (κ3) is 5.35. The van der Waals surface area contributed by atoms with Crippen LogP contribution in [-0.2, 0) is 11.3 Å². The van der Waals surface area contributed by atoms with E-state index in [9.17, 15) is 14.7 Å². The molecule has 3 N–H and O–H groups in total. The van der Waals surface area contributed by atoms with Gasteiger partial charge in [-0.2, -0.15) is 0 Å². The highest BCUT2D eigenvalue weighted by Crippen LogP contribution is 2.33. The van der Waals surface area contributed by atoms with Crippen molar-refractivity contribution < 1.29 is 14.7 Å². The first-order chi connectivity index (χ1) is 15.3. The van der Waals surface area contributed by atoms with Crippen molar-refractivity contribution in [3.63, 3.8) is 0 Å². The lowest BCUT2D eigenvalue weighted by Crippen LogP contribution is -2.22. The molecule has 0 aliphatic heterocycles. The number of fused-ring (bicyclic) bond motifs is 1. The van der Waals surface area contributed by atoms with Crippen LogP contribution < -0.4 is 5.73 Å². The Morgan fingerprint density at radius 2 is 1.97 bits per heavy atom. The number of aromatic nitrogens is 2. The zero-order chi connectivity index (χ0) is 23.3. The first-order valence-electron chi connectivity index (χ1n) is 9.85. The second-order valence-electron chi connectivity index (χ2n) is 7.07. The summed E-state index contributed by atoms with van der Waals surface area (Å²) in [5, 5.41) is 11.2. The molecule has 166 valence electrons. The number of halogens is 1. The van der Waals surface area contributed by atoms with E-state index in [0.29, 0.717) is 39.8 Å². The molecule has 2 aromatic carbocycles. The minimum Gasteiger partial charge on any atom is -0.396 e. The number of thioether (sulfide) groups is 1. The molecule has 3 aromatic rings. The maximum absolute atomic E-state index is 13.2. The summed E-state index contributed by atoms with van der Waals surface area (Å²) in [4.78, 5) is 35.4. The molecule has 0 atom stereocenters. The van der Waals surface area contributed by atoms with Crippen LogP contribution in [0.1, 0.15) is 35.1 Å². The number of aliphatic hydroxyl groups excluding tert-OH is 1. The van der Waals surface area contributed by atoms with Gasteiger partial charge in [-0.25, -0.2) is 9.97 Å². The van der Waals surface area contributed by atoms with Crippen molar-refractivity contribution in [2.45, 2.75) is 26.8 Å². The van der Waals surface area contributed by atoms with E-state index in [0.717, 1.165) is 27.0 Å². The van der Waals surface area contributed by atoms with Gasteiger partial charge in [-0.3, -0.25) is 9.59 Å². The Hall–Kier alpha value is -2.75. The third-order valence-corrected chi connectivity index (χ3v) is 6.81. The number of rotatable bonds is 8. The number of carbonyl (C=O) groups is 2. The molecular formula is C23H23BrN4O3S. The van der Waals surface area contributed by atoms with Gasteiger partial charge >= 0.3 is 0 Å². The molecule has 1 amide bonds. The topological polar surface area (TPSA) is 109 Å². The third-order valence-electron chi connectivity index (χ3n) is 4.97. The van der Waals surface area contributed by atoms with E-state index in [1.54, 1.807) is 26.1 Å². The van der Waals surface area contributed by atoms with Crippen molar-refractivity contribution in [3.05, 3.63) is 74.6 Å². The molecular weight excluding hydrogens is 492 g/mol. The SMILES string of the molecule is CC(=C(CCO)SC(=O)c1ccc(Br)c2ccccc12)N(C=O)Cc1cnc(C)nc1N. The summed E-state index contributed by atoms with van der Waals surface area (Å²) in [6.07, 6.45) is 2.49. The molecule has 3 rings (SSSR count). The highest BCUT2D eigenvalue weighted by Gasteiger charge is 2.19. The van der Waals surface area contributed by atoms with Gasteiger partial charge in [0.1, 0.15) is 11.6 Å². The molecule has 7 nitrogen and oxygen atoms in total. The fourth-order valence-corrected chi connectivity index (χ4v) is 4.68. The van der Waals surface area contributed by atoms with E-state index < -0.39 is 0 Å². The number of amides is 1. The number of nitrogen functional groups attached to an aromatic ring is 1. The molecule has 0 radical (unpaired) electrons. The first kappa shape index (κ1) is 23.9. The smallest absolute Gasteiger partial charge is 0.224 e. The van der Waals surface area contributed by atoms with Crippen molar-refractivity contribution in [1.82, 2.24) is 14.9 Å². The summed E-state index contributed by atoms with van der Waals surface area (Å²) in [7, 11) is 0. The van der Waals surface area contributed by atoms with Gasteiger partial charge in [0.15, 0.2) is 0 Å².